The zero-order valence-corrected chi connectivity index (χ0v) is 15.9. The molecule has 2 aromatic heterocycles. The number of hydrogen-bond acceptors (Lipinski definition) is 6. The standard InChI is InChI=1S/C19H25N5O3/c1-5-15(25)24-9-13(7-6-12(24)4)23-18-16-14(19(26)27-11(2)3)8-20-17(16)21-10-22-18/h5,8,10-13H,1,6-7,9H2,2-4H3,(H2,20,21,22,23)/t12-,13+/m0/s1. The third-order valence-electron chi connectivity index (χ3n) is 4.71. The van der Waals surface area contributed by atoms with Gasteiger partial charge in [0.15, 0.2) is 0 Å². The van der Waals surface area contributed by atoms with Gasteiger partial charge in [-0.25, -0.2) is 14.8 Å². The van der Waals surface area contributed by atoms with Crippen LogP contribution in [0.1, 0.15) is 44.0 Å². The van der Waals surface area contributed by atoms with E-state index >= 15 is 0 Å². The highest BCUT2D eigenvalue weighted by Crippen LogP contribution is 2.27. The van der Waals surface area contributed by atoms with Gasteiger partial charge >= 0.3 is 5.97 Å². The van der Waals surface area contributed by atoms with Crippen molar-refractivity contribution < 1.29 is 14.3 Å². The van der Waals surface area contributed by atoms with Crippen molar-refractivity contribution in [3.05, 3.63) is 30.7 Å². The molecule has 1 saturated heterocycles. The Kier molecular flexibility index (Phi) is 5.43. The fourth-order valence-corrected chi connectivity index (χ4v) is 3.35. The molecule has 1 aliphatic rings. The fourth-order valence-electron chi connectivity index (χ4n) is 3.35. The minimum atomic E-state index is -0.421. The van der Waals surface area contributed by atoms with Crippen LogP contribution in [0.25, 0.3) is 11.0 Å². The highest BCUT2D eigenvalue weighted by Gasteiger charge is 2.29. The molecule has 0 bridgehead atoms. The second-order valence-corrected chi connectivity index (χ2v) is 7.06. The van der Waals surface area contributed by atoms with E-state index in [1.54, 1.807) is 24.9 Å². The highest BCUT2D eigenvalue weighted by molar-refractivity contribution is 6.07. The number of aromatic amines is 1. The summed E-state index contributed by atoms with van der Waals surface area (Å²) in [6.45, 7) is 9.77. The van der Waals surface area contributed by atoms with Gasteiger partial charge in [-0.2, -0.15) is 0 Å². The molecule has 1 fully saturated rings. The summed E-state index contributed by atoms with van der Waals surface area (Å²) in [4.78, 5) is 37.8. The van der Waals surface area contributed by atoms with Gasteiger partial charge in [0, 0.05) is 24.8 Å². The van der Waals surface area contributed by atoms with Crippen LogP contribution in [0.15, 0.2) is 25.2 Å². The molecule has 0 radical (unpaired) electrons. The summed E-state index contributed by atoms with van der Waals surface area (Å²) in [6.07, 6.45) is 5.92. The first-order chi connectivity index (χ1) is 12.9. The Labute approximate surface area is 158 Å². The van der Waals surface area contributed by atoms with Crippen LogP contribution in [0.4, 0.5) is 5.82 Å². The van der Waals surface area contributed by atoms with E-state index in [2.05, 4.69) is 26.8 Å². The molecule has 2 aromatic rings. The van der Waals surface area contributed by atoms with E-state index < -0.39 is 5.97 Å². The largest absolute Gasteiger partial charge is 0.459 e. The number of rotatable bonds is 5. The molecule has 8 nitrogen and oxygen atoms in total. The summed E-state index contributed by atoms with van der Waals surface area (Å²) in [7, 11) is 0. The average Bonchev–Trinajstić information content (AvgIpc) is 3.07. The monoisotopic (exact) mass is 371 g/mol. The van der Waals surface area contributed by atoms with Gasteiger partial charge in [-0.3, -0.25) is 4.79 Å². The van der Waals surface area contributed by atoms with Gasteiger partial charge in [0.25, 0.3) is 0 Å². The second-order valence-electron chi connectivity index (χ2n) is 7.06. The van der Waals surface area contributed by atoms with Crippen LogP contribution >= 0.6 is 0 Å². The number of carbonyl (C=O) groups is 2. The third-order valence-corrected chi connectivity index (χ3v) is 4.71. The van der Waals surface area contributed by atoms with Crippen molar-refractivity contribution >= 4 is 28.7 Å². The van der Waals surface area contributed by atoms with E-state index in [0.29, 0.717) is 29.0 Å². The minimum Gasteiger partial charge on any atom is -0.459 e. The lowest BCUT2D eigenvalue weighted by Gasteiger charge is -2.38. The molecule has 3 heterocycles. The first kappa shape index (κ1) is 18.9. The number of nitrogens with zero attached hydrogens (tertiary/aromatic N) is 3. The van der Waals surface area contributed by atoms with Crippen molar-refractivity contribution in [2.75, 3.05) is 11.9 Å². The van der Waals surface area contributed by atoms with Gasteiger partial charge < -0.3 is 19.9 Å². The molecule has 144 valence electrons. The normalized spacial score (nSPS) is 19.9. The molecule has 2 N–H and O–H groups in total. The number of fused-ring (bicyclic) bond motifs is 1. The zero-order chi connectivity index (χ0) is 19.6. The lowest BCUT2D eigenvalue weighted by Crippen LogP contribution is -2.49. The highest BCUT2D eigenvalue weighted by atomic mass is 16.5. The van der Waals surface area contributed by atoms with Crippen molar-refractivity contribution in [3.8, 4) is 0 Å². The number of amides is 1. The van der Waals surface area contributed by atoms with Crippen LogP contribution in [-0.2, 0) is 9.53 Å². The number of ether oxygens (including phenoxy) is 1. The van der Waals surface area contributed by atoms with Gasteiger partial charge in [0.2, 0.25) is 5.91 Å². The van der Waals surface area contributed by atoms with Gasteiger partial charge in [-0.1, -0.05) is 6.58 Å². The first-order valence-electron chi connectivity index (χ1n) is 9.13. The predicted octanol–water partition coefficient (Wildman–Crippen LogP) is 2.50. The SMILES string of the molecule is C=CC(=O)N1C[C@H](Nc2ncnc3[nH]cc(C(=O)OC(C)C)c23)CC[C@@H]1C. The lowest BCUT2D eigenvalue weighted by molar-refractivity contribution is -0.129. The smallest absolute Gasteiger partial charge is 0.340 e. The summed E-state index contributed by atoms with van der Waals surface area (Å²) in [5, 5.41) is 3.98. The quantitative estimate of drug-likeness (QED) is 0.619. The number of anilines is 1. The molecule has 2 atom stereocenters. The Bertz CT molecular complexity index is 860. The summed E-state index contributed by atoms with van der Waals surface area (Å²) >= 11 is 0. The predicted molar refractivity (Wildman–Crippen MR) is 102 cm³/mol. The molecule has 1 amide bonds. The Hall–Kier alpha value is -2.90. The zero-order valence-electron chi connectivity index (χ0n) is 15.9. The molecule has 27 heavy (non-hydrogen) atoms. The van der Waals surface area contributed by atoms with Crippen LogP contribution in [0.5, 0.6) is 0 Å². The van der Waals surface area contributed by atoms with Crippen molar-refractivity contribution in [1.82, 2.24) is 19.9 Å². The maximum atomic E-state index is 12.4. The van der Waals surface area contributed by atoms with E-state index in [0.717, 1.165) is 12.8 Å². The summed E-state index contributed by atoms with van der Waals surface area (Å²) in [6, 6.07) is 0.190. The molecule has 8 heteroatoms. The first-order valence-corrected chi connectivity index (χ1v) is 9.13. The van der Waals surface area contributed by atoms with Crippen LogP contribution in [0.3, 0.4) is 0 Å². The molecule has 0 spiro atoms. The maximum Gasteiger partial charge on any atom is 0.340 e. The molecule has 0 aliphatic carbocycles. The summed E-state index contributed by atoms with van der Waals surface area (Å²) in [5.41, 5.74) is 0.955. The van der Waals surface area contributed by atoms with E-state index in [-0.39, 0.29) is 24.1 Å². The van der Waals surface area contributed by atoms with Crippen LogP contribution in [0, 0.1) is 0 Å². The molecule has 1 aliphatic heterocycles. The van der Waals surface area contributed by atoms with Crippen molar-refractivity contribution in [3.63, 3.8) is 0 Å². The summed E-state index contributed by atoms with van der Waals surface area (Å²) < 4.78 is 5.32. The second kappa shape index (κ2) is 7.77. The Morgan fingerprint density at radius 1 is 1.41 bits per heavy atom. The average molecular weight is 371 g/mol. The summed E-state index contributed by atoms with van der Waals surface area (Å²) in [5.74, 6) is 0.0574. The van der Waals surface area contributed by atoms with Gasteiger partial charge in [0.05, 0.1) is 17.1 Å². The van der Waals surface area contributed by atoms with E-state index in [1.807, 2.05) is 6.92 Å². The van der Waals surface area contributed by atoms with Gasteiger partial charge in [0.1, 0.15) is 17.8 Å². The topological polar surface area (TPSA) is 100 Å². The Balaban J connectivity index is 1.86. The van der Waals surface area contributed by atoms with Gasteiger partial charge in [-0.05, 0) is 39.7 Å². The maximum absolute atomic E-state index is 12.4. The molecule has 0 aromatic carbocycles. The molecule has 0 unspecified atom stereocenters. The lowest BCUT2D eigenvalue weighted by atomic mass is 9.99. The van der Waals surface area contributed by atoms with Crippen LogP contribution in [-0.4, -0.2) is 56.5 Å². The van der Waals surface area contributed by atoms with E-state index in [1.165, 1.54) is 12.4 Å². The number of piperidine rings is 1. The molecule has 3 rings (SSSR count). The Morgan fingerprint density at radius 2 is 2.19 bits per heavy atom. The number of H-pyrrole nitrogens is 1. The van der Waals surface area contributed by atoms with E-state index in [4.69, 9.17) is 4.74 Å². The molecule has 0 saturated carbocycles. The number of aromatic nitrogens is 3. The van der Waals surface area contributed by atoms with Crippen LogP contribution in [0.2, 0.25) is 0 Å². The number of hydrogen-bond donors (Lipinski definition) is 2. The van der Waals surface area contributed by atoms with Crippen molar-refractivity contribution in [2.45, 2.75) is 51.8 Å². The van der Waals surface area contributed by atoms with Gasteiger partial charge in [-0.15, -0.1) is 0 Å². The number of likely N-dealkylation sites (tertiary alicyclic amines) is 1. The number of nitrogens with one attached hydrogen (secondary N) is 2. The minimum absolute atomic E-state index is 0.0204. The van der Waals surface area contributed by atoms with Crippen molar-refractivity contribution in [2.24, 2.45) is 0 Å². The molecular weight excluding hydrogens is 346 g/mol. The van der Waals surface area contributed by atoms with Crippen molar-refractivity contribution in [1.29, 1.82) is 0 Å². The van der Waals surface area contributed by atoms with E-state index in [9.17, 15) is 9.59 Å². The Morgan fingerprint density at radius 3 is 2.89 bits per heavy atom. The fraction of sp³-hybridized carbons (Fsp3) is 0.474. The number of esters is 1. The third kappa shape index (κ3) is 3.94. The number of carbonyl (C=O) groups excluding carboxylic acids is 2. The van der Waals surface area contributed by atoms with Crippen LogP contribution < -0.4 is 5.32 Å². The molecular formula is C19H25N5O3.